The zero-order chi connectivity index (χ0) is 14.8. The first kappa shape index (κ1) is 17.4. The van der Waals surface area contributed by atoms with Gasteiger partial charge < -0.3 is 14.8 Å². The zero-order valence-corrected chi connectivity index (χ0v) is 13.2. The van der Waals surface area contributed by atoms with Crippen molar-refractivity contribution in [3.05, 3.63) is 0 Å². The Morgan fingerprint density at radius 1 is 1.40 bits per heavy atom. The van der Waals surface area contributed by atoms with Crippen LogP contribution in [0.1, 0.15) is 39.5 Å². The molecule has 0 aromatic heterocycles. The predicted molar refractivity (Wildman–Crippen MR) is 79.8 cm³/mol. The van der Waals surface area contributed by atoms with E-state index in [1.807, 2.05) is 0 Å². The molecular weight excluding hydrogens is 256 g/mol. The molecule has 0 bridgehead atoms. The SMILES string of the molecule is CCCNC(CN1CCCC(OCCC)C1)C(=O)OC. The molecule has 1 N–H and O–H groups in total. The number of carbonyl (C=O) groups excluding carboxylic acids is 1. The highest BCUT2D eigenvalue weighted by Crippen LogP contribution is 2.14. The number of ether oxygens (including phenoxy) is 2. The van der Waals surface area contributed by atoms with Gasteiger partial charge in [-0.2, -0.15) is 0 Å². The average molecular weight is 286 g/mol. The summed E-state index contributed by atoms with van der Waals surface area (Å²) in [4.78, 5) is 14.1. The van der Waals surface area contributed by atoms with Gasteiger partial charge in [-0.1, -0.05) is 13.8 Å². The Kier molecular flexibility index (Phi) is 8.82. The fraction of sp³-hybridized carbons (Fsp3) is 0.933. The Labute approximate surface area is 123 Å². The molecule has 1 fully saturated rings. The van der Waals surface area contributed by atoms with Crippen LogP contribution < -0.4 is 5.32 Å². The van der Waals surface area contributed by atoms with Gasteiger partial charge in [0.25, 0.3) is 0 Å². The van der Waals surface area contributed by atoms with E-state index in [1.165, 1.54) is 7.11 Å². The Bertz CT molecular complexity index is 274. The van der Waals surface area contributed by atoms with E-state index < -0.39 is 0 Å². The number of esters is 1. The lowest BCUT2D eigenvalue weighted by atomic mass is 10.1. The molecular formula is C15H30N2O3. The number of nitrogens with one attached hydrogen (secondary N) is 1. The van der Waals surface area contributed by atoms with Crippen LogP contribution in [0.4, 0.5) is 0 Å². The minimum Gasteiger partial charge on any atom is -0.468 e. The molecule has 20 heavy (non-hydrogen) atoms. The molecule has 1 saturated heterocycles. The average Bonchev–Trinajstić information content (AvgIpc) is 2.49. The van der Waals surface area contributed by atoms with E-state index in [0.29, 0.717) is 12.6 Å². The number of nitrogens with zero attached hydrogens (tertiary/aromatic N) is 1. The highest BCUT2D eigenvalue weighted by Gasteiger charge is 2.26. The smallest absolute Gasteiger partial charge is 0.324 e. The molecule has 1 rings (SSSR count). The van der Waals surface area contributed by atoms with Crippen LogP contribution in [0.2, 0.25) is 0 Å². The predicted octanol–water partition coefficient (Wildman–Crippen LogP) is 1.42. The Morgan fingerprint density at radius 2 is 2.20 bits per heavy atom. The van der Waals surface area contributed by atoms with Gasteiger partial charge >= 0.3 is 5.97 Å². The van der Waals surface area contributed by atoms with Crippen molar-refractivity contribution < 1.29 is 14.3 Å². The summed E-state index contributed by atoms with van der Waals surface area (Å²) < 4.78 is 10.7. The van der Waals surface area contributed by atoms with Gasteiger partial charge in [0.2, 0.25) is 0 Å². The molecule has 1 aliphatic rings. The quantitative estimate of drug-likeness (QED) is 0.650. The van der Waals surface area contributed by atoms with E-state index in [2.05, 4.69) is 24.1 Å². The number of rotatable bonds is 9. The van der Waals surface area contributed by atoms with Gasteiger partial charge in [-0.15, -0.1) is 0 Å². The maximum Gasteiger partial charge on any atom is 0.324 e. The van der Waals surface area contributed by atoms with Gasteiger partial charge in [0.15, 0.2) is 0 Å². The highest BCUT2D eigenvalue weighted by atomic mass is 16.5. The molecule has 0 spiro atoms. The molecule has 2 atom stereocenters. The number of piperidine rings is 1. The van der Waals surface area contributed by atoms with Crippen molar-refractivity contribution >= 4 is 5.97 Å². The van der Waals surface area contributed by atoms with Crippen molar-refractivity contribution in [3.63, 3.8) is 0 Å². The molecule has 0 amide bonds. The fourth-order valence-electron chi connectivity index (χ4n) is 2.54. The zero-order valence-electron chi connectivity index (χ0n) is 13.2. The summed E-state index contributed by atoms with van der Waals surface area (Å²) >= 11 is 0. The normalized spacial score (nSPS) is 21.6. The largest absolute Gasteiger partial charge is 0.468 e. The third-order valence-corrected chi connectivity index (χ3v) is 3.59. The van der Waals surface area contributed by atoms with Crippen molar-refractivity contribution in [3.8, 4) is 0 Å². The molecule has 0 aromatic rings. The molecule has 0 aliphatic carbocycles. The lowest BCUT2D eigenvalue weighted by molar-refractivity contribution is -0.144. The molecule has 0 aromatic carbocycles. The first-order valence-electron chi connectivity index (χ1n) is 7.86. The molecule has 1 heterocycles. The van der Waals surface area contributed by atoms with Crippen LogP contribution in [0, 0.1) is 0 Å². The molecule has 0 radical (unpaired) electrons. The standard InChI is InChI=1S/C15H30N2O3/c1-4-8-16-14(15(18)19-3)12-17-9-6-7-13(11-17)20-10-5-2/h13-14,16H,4-12H2,1-3H3. The first-order chi connectivity index (χ1) is 9.71. The van der Waals surface area contributed by atoms with Crippen molar-refractivity contribution in [2.45, 2.75) is 51.7 Å². The lowest BCUT2D eigenvalue weighted by Crippen LogP contribution is -2.50. The number of methoxy groups -OCH3 is 1. The molecule has 5 heteroatoms. The van der Waals surface area contributed by atoms with Crippen LogP contribution in [-0.2, 0) is 14.3 Å². The second-order valence-corrected chi connectivity index (χ2v) is 5.42. The summed E-state index contributed by atoms with van der Waals surface area (Å²) in [6.45, 7) is 8.54. The van der Waals surface area contributed by atoms with E-state index in [4.69, 9.17) is 9.47 Å². The maximum atomic E-state index is 11.8. The monoisotopic (exact) mass is 286 g/mol. The Balaban J connectivity index is 2.43. The van der Waals surface area contributed by atoms with Crippen LogP contribution in [0.25, 0.3) is 0 Å². The van der Waals surface area contributed by atoms with Crippen molar-refractivity contribution in [2.75, 3.05) is 39.9 Å². The van der Waals surface area contributed by atoms with Crippen LogP contribution in [0.15, 0.2) is 0 Å². The van der Waals surface area contributed by atoms with Gasteiger partial charge in [-0.05, 0) is 38.8 Å². The topological polar surface area (TPSA) is 50.8 Å². The molecule has 5 nitrogen and oxygen atoms in total. The van der Waals surface area contributed by atoms with E-state index in [9.17, 15) is 4.79 Å². The van der Waals surface area contributed by atoms with Crippen LogP contribution in [-0.4, -0.2) is 62.9 Å². The number of hydrogen-bond donors (Lipinski definition) is 1. The Hall–Kier alpha value is -0.650. The molecule has 2 unspecified atom stereocenters. The molecule has 1 aliphatic heterocycles. The molecule has 118 valence electrons. The summed E-state index contributed by atoms with van der Waals surface area (Å²) in [5.74, 6) is -0.171. The summed E-state index contributed by atoms with van der Waals surface area (Å²) in [6.07, 6.45) is 4.64. The number of likely N-dealkylation sites (tertiary alicyclic amines) is 1. The van der Waals surface area contributed by atoms with Crippen LogP contribution in [0.3, 0.4) is 0 Å². The highest BCUT2D eigenvalue weighted by molar-refractivity contribution is 5.75. The second kappa shape index (κ2) is 10.1. The van der Waals surface area contributed by atoms with Crippen molar-refractivity contribution in [1.29, 1.82) is 0 Å². The fourth-order valence-corrected chi connectivity index (χ4v) is 2.54. The first-order valence-corrected chi connectivity index (χ1v) is 7.86. The minimum atomic E-state index is -0.232. The van der Waals surface area contributed by atoms with Crippen LogP contribution >= 0.6 is 0 Å². The number of hydrogen-bond acceptors (Lipinski definition) is 5. The lowest BCUT2D eigenvalue weighted by Gasteiger charge is -2.34. The van der Waals surface area contributed by atoms with Gasteiger partial charge in [0.05, 0.1) is 13.2 Å². The summed E-state index contributed by atoms with van der Waals surface area (Å²) in [6, 6.07) is -0.232. The van der Waals surface area contributed by atoms with E-state index in [-0.39, 0.29) is 12.0 Å². The summed E-state index contributed by atoms with van der Waals surface area (Å²) in [7, 11) is 1.45. The summed E-state index contributed by atoms with van der Waals surface area (Å²) in [5, 5.41) is 3.27. The van der Waals surface area contributed by atoms with Crippen molar-refractivity contribution in [2.24, 2.45) is 0 Å². The van der Waals surface area contributed by atoms with Gasteiger partial charge in [-0.3, -0.25) is 9.69 Å². The van der Waals surface area contributed by atoms with Crippen molar-refractivity contribution in [1.82, 2.24) is 10.2 Å². The van der Waals surface area contributed by atoms with Gasteiger partial charge in [0, 0.05) is 19.7 Å². The summed E-state index contributed by atoms with van der Waals surface area (Å²) in [5.41, 5.74) is 0. The maximum absolute atomic E-state index is 11.8. The third kappa shape index (κ3) is 6.20. The van der Waals surface area contributed by atoms with E-state index >= 15 is 0 Å². The molecule has 0 saturated carbocycles. The second-order valence-electron chi connectivity index (χ2n) is 5.42. The Morgan fingerprint density at radius 3 is 2.85 bits per heavy atom. The van der Waals surface area contributed by atoms with E-state index in [1.54, 1.807) is 0 Å². The minimum absolute atomic E-state index is 0.171. The number of carbonyl (C=O) groups is 1. The van der Waals surface area contributed by atoms with Gasteiger partial charge in [-0.25, -0.2) is 0 Å². The van der Waals surface area contributed by atoms with Gasteiger partial charge in [0.1, 0.15) is 6.04 Å². The third-order valence-electron chi connectivity index (χ3n) is 3.59. The van der Waals surface area contributed by atoms with Crippen LogP contribution in [0.5, 0.6) is 0 Å². The van der Waals surface area contributed by atoms with E-state index in [0.717, 1.165) is 51.9 Å².